The minimum absolute atomic E-state index is 0.141. The van der Waals surface area contributed by atoms with Crippen LogP contribution in [0.15, 0.2) is 170 Å². The summed E-state index contributed by atoms with van der Waals surface area (Å²) in [5.74, 6) is 0.915. The van der Waals surface area contributed by atoms with Gasteiger partial charge < -0.3 is 0 Å². The first kappa shape index (κ1) is 30.3. The van der Waals surface area contributed by atoms with Crippen molar-refractivity contribution in [3.63, 3.8) is 0 Å². The number of benzene rings is 7. The SMILES string of the molecule is CC1(C)c2ccccc2-c2ccc3c(c21)c1ccccc1n3-c1cc(-c2cccc(-c3ccccc3)c2)cc(-c2ccc3c(c2)sc2ccccc23)n1. The van der Waals surface area contributed by atoms with E-state index in [1.165, 1.54) is 69.8 Å². The summed E-state index contributed by atoms with van der Waals surface area (Å²) in [5, 5.41) is 5.17. The fraction of sp³-hybridized carbons (Fsp3) is 0.0600. The van der Waals surface area contributed by atoms with E-state index in [0.29, 0.717) is 0 Å². The van der Waals surface area contributed by atoms with Crippen LogP contribution in [0.5, 0.6) is 0 Å². The third kappa shape index (κ3) is 4.54. The average molecular weight is 695 g/mol. The molecule has 0 radical (unpaired) electrons. The molecule has 0 fully saturated rings. The highest BCUT2D eigenvalue weighted by Crippen LogP contribution is 2.53. The monoisotopic (exact) mass is 694 g/mol. The van der Waals surface area contributed by atoms with Gasteiger partial charge in [-0.25, -0.2) is 4.98 Å². The highest BCUT2D eigenvalue weighted by atomic mass is 32.1. The first-order chi connectivity index (χ1) is 26.0. The summed E-state index contributed by atoms with van der Waals surface area (Å²) in [4.78, 5) is 5.55. The molecule has 0 unspecified atom stereocenters. The number of hydrogen-bond donors (Lipinski definition) is 0. The Morgan fingerprint density at radius 2 is 1.19 bits per heavy atom. The minimum Gasteiger partial charge on any atom is -0.294 e. The van der Waals surface area contributed by atoms with Gasteiger partial charge in [0.15, 0.2) is 0 Å². The number of para-hydroxylation sites is 1. The highest BCUT2D eigenvalue weighted by molar-refractivity contribution is 7.25. The summed E-state index contributed by atoms with van der Waals surface area (Å²) < 4.78 is 4.98. The molecule has 3 heteroatoms. The molecule has 0 saturated carbocycles. The summed E-state index contributed by atoms with van der Waals surface area (Å²) in [6, 6.07) is 62.1. The van der Waals surface area contributed by atoms with Gasteiger partial charge in [-0.3, -0.25) is 4.57 Å². The standard InChI is InChI=1S/C50H34N2S/c1-50(2)41-20-9-6-17-36(41)39-25-26-44-48(49(39)50)40-19-7-10-21-43(40)52(44)47-30-35(33-16-12-15-32(27-33)31-13-4-3-5-14-31)28-42(51-47)34-23-24-38-37-18-8-11-22-45(37)53-46(38)29-34/h3-30H,1-2H3. The Kier molecular flexibility index (Phi) is 6.50. The maximum Gasteiger partial charge on any atom is 0.138 e. The van der Waals surface area contributed by atoms with Crippen molar-refractivity contribution in [2.24, 2.45) is 0 Å². The van der Waals surface area contributed by atoms with Crippen molar-refractivity contribution in [2.45, 2.75) is 19.3 Å². The van der Waals surface area contributed by atoms with Crippen LogP contribution in [-0.4, -0.2) is 9.55 Å². The van der Waals surface area contributed by atoms with E-state index in [0.717, 1.165) is 33.7 Å². The van der Waals surface area contributed by atoms with Crippen LogP contribution >= 0.6 is 11.3 Å². The van der Waals surface area contributed by atoms with Gasteiger partial charge in [-0.2, -0.15) is 0 Å². The molecule has 0 amide bonds. The Morgan fingerprint density at radius 1 is 0.472 bits per heavy atom. The number of fused-ring (bicyclic) bond motifs is 10. The number of thiophene rings is 1. The van der Waals surface area contributed by atoms with Crippen LogP contribution in [0.4, 0.5) is 0 Å². The first-order valence-electron chi connectivity index (χ1n) is 18.3. The van der Waals surface area contributed by atoms with Crippen molar-refractivity contribution in [3.8, 4) is 50.5 Å². The molecule has 7 aromatic carbocycles. The second-order valence-electron chi connectivity index (χ2n) is 14.8. The van der Waals surface area contributed by atoms with E-state index in [2.05, 4.69) is 188 Å². The van der Waals surface area contributed by atoms with Gasteiger partial charge in [0, 0.05) is 41.9 Å². The molecule has 53 heavy (non-hydrogen) atoms. The Labute approximate surface area is 312 Å². The maximum atomic E-state index is 5.55. The molecule has 11 rings (SSSR count). The average Bonchev–Trinajstić information content (AvgIpc) is 3.83. The van der Waals surface area contributed by atoms with Gasteiger partial charge in [0.1, 0.15) is 5.82 Å². The zero-order valence-electron chi connectivity index (χ0n) is 29.5. The van der Waals surface area contributed by atoms with Crippen molar-refractivity contribution in [1.29, 1.82) is 0 Å². The van der Waals surface area contributed by atoms with E-state index in [9.17, 15) is 0 Å². The fourth-order valence-electron chi connectivity index (χ4n) is 8.92. The smallest absolute Gasteiger partial charge is 0.138 e. The maximum absolute atomic E-state index is 5.55. The molecule has 3 heterocycles. The van der Waals surface area contributed by atoms with Crippen LogP contribution in [-0.2, 0) is 5.41 Å². The molecule has 0 spiro atoms. The molecule has 0 saturated heterocycles. The lowest BCUT2D eigenvalue weighted by Crippen LogP contribution is -2.15. The second kappa shape index (κ2) is 11.4. The summed E-state index contributed by atoms with van der Waals surface area (Å²) in [6.07, 6.45) is 0. The Morgan fingerprint density at radius 3 is 2.08 bits per heavy atom. The van der Waals surface area contributed by atoms with Gasteiger partial charge in [-0.05, 0) is 87.0 Å². The molecule has 0 aliphatic heterocycles. The fourth-order valence-corrected chi connectivity index (χ4v) is 10.1. The van der Waals surface area contributed by atoms with E-state index >= 15 is 0 Å². The topological polar surface area (TPSA) is 17.8 Å². The number of nitrogens with zero attached hydrogens (tertiary/aromatic N) is 2. The largest absolute Gasteiger partial charge is 0.294 e. The molecule has 10 aromatic rings. The number of hydrogen-bond acceptors (Lipinski definition) is 2. The van der Waals surface area contributed by atoms with E-state index < -0.39 is 0 Å². The third-order valence-corrected chi connectivity index (χ3v) is 12.5. The first-order valence-corrected chi connectivity index (χ1v) is 19.1. The summed E-state index contributed by atoms with van der Waals surface area (Å²) in [6.45, 7) is 4.76. The highest BCUT2D eigenvalue weighted by Gasteiger charge is 2.38. The van der Waals surface area contributed by atoms with E-state index in [1.54, 1.807) is 0 Å². The molecule has 1 aliphatic rings. The zero-order valence-corrected chi connectivity index (χ0v) is 30.3. The lowest BCUT2D eigenvalue weighted by atomic mass is 9.80. The van der Waals surface area contributed by atoms with E-state index in [4.69, 9.17) is 4.98 Å². The number of pyridine rings is 1. The normalized spacial score (nSPS) is 13.2. The molecular formula is C50H34N2S. The molecule has 0 atom stereocenters. The number of aromatic nitrogens is 2. The summed E-state index contributed by atoms with van der Waals surface area (Å²) >= 11 is 1.85. The Bertz CT molecular complexity index is 3090. The van der Waals surface area contributed by atoms with Crippen molar-refractivity contribution in [1.82, 2.24) is 9.55 Å². The lowest BCUT2D eigenvalue weighted by molar-refractivity contribution is 0.666. The molecule has 3 aromatic heterocycles. The lowest BCUT2D eigenvalue weighted by Gasteiger charge is -2.22. The molecule has 1 aliphatic carbocycles. The molecule has 250 valence electrons. The zero-order chi connectivity index (χ0) is 35.3. The van der Waals surface area contributed by atoms with Gasteiger partial charge in [0.25, 0.3) is 0 Å². The molecule has 0 bridgehead atoms. The predicted octanol–water partition coefficient (Wildman–Crippen LogP) is 13.9. The van der Waals surface area contributed by atoms with Gasteiger partial charge in [0.05, 0.1) is 16.7 Å². The van der Waals surface area contributed by atoms with E-state index in [-0.39, 0.29) is 5.41 Å². The van der Waals surface area contributed by atoms with Crippen LogP contribution in [0.3, 0.4) is 0 Å². The Balaban J connectivity index is 1.18. The van der Waals surface area contributed by atoms with Crippen LogP contribution in [0.2, 0.25) is 0 Å². The van der Waals surface area contributed by atoms with Gasteiger partial charge >= 0.3 is 0 Å². The molecule has 0 N–H and O–H groups in total. The van der Waals surface area contributed by atoms with Crippen LogP contribution in [0.1, 0.15) is 25.0 Å². The Hall–Kier alpha value is -6.29. The number of rotatable bonds is 4. The van der Waals surface area contributed by atoms with Gasteiger partial charge in [-0.1, -0.05) is 141 Å². The van der Waals surface area contributed by atoms with Gasteiger partial charge in [-0.15, -0.1) is 11.3 Å². The molecular weight excluding hydrogens is 661 g/mol. The van der Waals surface area contributed by atoms with E-state index in [1.807, 2.05) is 11.3 Å². The quantitative estimate of drug-likeness (QED) is 0.179. The second-order valence-corrected chi connectivity index (χ2v) is 15.8. The van der Waals surface area contributed by atoms with Gasteiger partial charge in [0.2, 0.25) is 0 Å². The van der Waals surface area contributed by atoms with Crippen LogP contribution in [0, 0.1) is 0 Å². The van der Waals surface area contributed by atoms with Crippen LogP contribution in [0.25, 0.3) is 92.4 Å². The van der Waals surface area contributed by atoms with Crippen molar-refractivity contribution >= 4 is 53.3 Å². The predicted molar refractivity (Wildman–Crippen MR) is 225 cm³/mol. The summed E-state index contributed by atoms with van der Waals surface area (Å²) in [5.41, 5.74) is 14.4. The third-order valence-electron chi connectivity index (χ3n) is 11.4. The van der Waals surface area contributed by atoms with Crippen LogP contribution < -0.4 is 0 Å². The van der Waals surface area contributed by atoms with Crippen molar-refractivity contribution in [2.75, 3.05) is 0 Å². The van der Waals surface area contributed by atoms with Crippen molar-refractivity contribution in [3.05, 3.63) is 181 Å². The van der Waals surface area contributed by atoms with Crippen molar-refractivity contribution < 1.29 is 0 Å². The molecule has 2 nitrogen and oxygen atoms in total. The summed E-state index contributed by atoms with van der Waals surface area (Å²) in [7, 11) is 0. The minimum atomic E-state index is -0.141.